The van der Waals surface area contributed by atoms with Gasteiger partial charge in [-0.2, -0.15) is 0 Å². The number of anilines is 2. The standard InChI is InChI=1S/C23H23F2N3O4S2/c24-17-4-1-6-20(14-17)33(29,30)23-16-19(28-12-3-10-26-11-13-28)8-9-22(23)27-34(31,32)21-7-2-5-18(25)15-21/h1-2,4-9,14-16,26-27H,3,10-13H2. The molecule has 0 aromatic heterocycles. The van der Waals surface area contributed by atoms with Gasteiger partial charge in [-0.3, -0.25) is 4.72 Å². The number of halogens is 2. The Morgan fingerprint density at radius 1 is 0.794 bits per heavy atom. The van der Waals surface area contributed by atoms with E-state index in [2.05, 4.69) is 10.0 Å². The van der Waals surface area contributed by atoms with Crippen LogP contribution in [0.5, 0.6) is 0 Å². The smallest absolute Gasteiger partial charge is 0.262 e. The highest BCUT2D eigenvalue weighted by atomic mass is 32.2. The van der Waals surface area contributed by atoms with Gasteiger partial charge in [0.05, 0.1) is 20.4 Å². The van der Waals surface area contributed by atoms with Crippen LogP contribution in [0.3, 0.4) is 0 Å². The lowest BCUT2D eigenvalue weighted by Gasteiger charge is -2.24. The van der Waals surface area contributed by atoms with Crippen LogP contribution in [0.1, 0.15) is 6.42 Å². The lowest BCUT2D eigenvalue weighted by Crippen LogP contribution is -2.28. The van der Waals surface area contributed by atoms with Crippen molar-refractivity contribution in [3.8, 4) is 0 Å². The molecule has 0 amide bonds. The Hall–Kier alpha value is -3.02. The molecule has 1 aliphatic heterocycles. The first-order chi connectivity index (χ1) is 16.2. The first-order valence-corrected chi connectivity index (χ1v) is 13.5. The van der Waals surface area contributed by atoms with Crippen molar-refractivity contribution in [3.63, 3.8) is 0 Å². The lowest BCUT2D eigenvalue weighted by molar-refractivity contribution is 0.591. The number of rotatable bonds is 6. The van der Waals surface area contributed by atoms with Crippen LogP contribution in [-0.4, -0.2) is 43.0 Å². The van der Waals surface area contributed by atoms with Gasteiger partial charge in [0.2, 0.25) is 9.84 Å². The molecular formula is C23H23F2N3O4S2. The summed E-state index contributed by atoms with van der Waals surface area (Å²) in [6.45, 7) is 2.85. The topological polar surface area (TPSA) is 95.6 Å². The Kier molecular flexibility index (Phi) is 6.87. The summed E-state index contributed by atoms with van der Waals surface area (Å²) in [6.07, 6.45) is 0.847. The minimum absolute atomic E-state index is 0.217. The average Bonchev–Trinajstić information content (AvgIpc) is 3.09. The third-order valence-electron chi connectivity index (χ3n) is 5.42. The van der Waals surface area contributed by atoms with E-state index in [4.69, 9.17) is 0 Å². The minimum atomic E-state index is -4.31. The van der Waals surface area contributed by atoms with Crippen molar-refractivity contribution >= 4 is 31.2 Å². The Morgan fingerprint density at radius 3 is 2.18 bits per heavy atom. The van der Waals surface area contributed by atoms with Crippen LogP contribution >= 0.6 is 0 Å². The van der Waals surface area contributed by atoms with E-state index in [1.165, 1.54) is 36.4 Å². The molecule has 3 aromatic rings. The summed E-state index contributed by atoms with van der Waals surface area (Å²) in [4.78, 5) is 1.00. The molecule has 1 aliphatic rings. The molecule has 180 valence electrons. The molecule has 7 nitrogen and oxygen atoms in total. The number of hydrogen-bond acceptors (Lipinski definition) is 6. The van der Waals surface area contributed by atoms with Crippen molar-refractivity contribution in [2.75, 3.05) is 35.8 Å². The molecule has 1 fully saturated rings. The molecule has 0 aliphatic carbocycles. The Morgan fingerprint density at radius 2 is 1.47 bits per heavy atom. The van der Waals surface area contributed by atoms with Gasteiger partial charge in [0.25, 0.3) is 10.0 Å². The number of nitrogens with zero attached hydrogens (tertiary/aromatic N) is 1. The molecule has 0 unspecified atom stereocenters. The van der Waals surface area contributed by atoms with Gasteiger partial charge in [0.15, 0.2) is 0 Å². The van der Waals surface area contributed by atoms with E-state index >= 15 is 0 Å². The zero-order chi connectivity index (χ0) is 24.3. The molecule has 0 spiro atoms. The summed E-state index contributed by atoms with van der Waals surface area (Å²) >= 11 is 0. The van der Waals surface area contributed by atoms with Crippen LogP contribution in [0.25, 0.3) is 0 Å². The predicted octanol–water partition coefficient (Wildman–Crippen LogP) is 3.40. The quantitative estimate of drug-likeness (QED) is 0.531. The minimum Gasteiger partial charge on any atom is -0.370 e. The van der Waals surface area contributed by atoms with E-state index in [-0.39, 0.29) is 20.4 Å². The molecule has 0 radical (unpaired) electrons. The van der Waals surface area contributed by atoms with E-state index in [1.807, 2.05) is 4.90 Å². The van der Waals surface area contributed by atoms with E-state index < -0.39 is 31.5 Å². The number of benzene rings is 3. The second kappa shape index (κ2) is 9.69. The molecule has 2 N–H and O–H groups in total. The van der Waals surface area contributed by atoms with Crippen molar-refractivity contribution in [2.24, 2.45) is 0 Å². The Bertz CT molecular complexity index is 1410. The lowest BCUT2D eigenvalue weighted by atomic mass is 10.2. The fourth-order valence-corrected chi connectivity index (χ4v) is 6.36. The number of sulfonamides is 1. The van der Waals surface area contributed by atoms with Crippen molar-refractivity contribution in [1.82, 2.24) is 5.32 Å². The maximum atomic E-state index is 13.8. The summed E-state index contributed by atoms with van der Waals surface area (Å²) in [7, 11) is -8.61. The summed E-state index contributed by atoms with van der Waals surface area (Å²) in [5.74, 6) is -1.49. The summed E-state index contributed by atoms with van der Waals surface area (Å²) in [5.41, 5.74) is 0.373. The van der Waals surface area contributed by atoms with Crippen LogP contribution < -0.4 is 14.9 Å². The SMILES string of the molecule is O=S(=O)(Nc1ccc(N2CCCNCC2)cc1S(=O)(=O)c1cccc(F)c1)c1cccc(F)c1. The van der Waals surface area contributed by atoms with E-state index in [0.717, 1.165) is 37.2 Å². The second-order valence-electron chi connectivity index (χ2n) is 7.79. The molecule has 1 saturated heterocycles. The number of nitrogens with one attached hydrogen (secondary N) is 2. The van der Waals surface area contributed by atoms with Gasteiger partial charge in [-0.1, -0.05) is 12.1 Å². The van der Waals surface area contributed by atoms with Gasteiger partial charge >= 0.3 is 0 Å². The van der Waals surface area contributed by atoms with Crippen molar-refractivity contribution in [3.05, 3.63) is 78.4 Å². The molecule has 0 bridgehead atoms. The largest absolute Gasteiger partial charge is 0.370 e. The van der Waals surface area contributed by atoms with Crippen molar-refractivity contribution < 1.29 is 25.6 Å². The van der Waals surface area contributed by atoms with Crippen molar-refractivity contribution in [1.29, 1.82) is 0 Å². The van der Waals surface area contributed by atoms with E-state index in [9.17, 15) is 25.6 Å². The van der Waals surface area contributed by atoms with Crippen LogP contribution in [0.4, 0.5) is 20.2 Å². The Labute approximate surface area is 197 Å². The first kappa shape index (κ1) is 24.1. The van der Waals surface area contributed by atoms with E-state index in [1.54, 1.807) is 6.07 Å². The maximum Gasteiger partial charge on any atom is 0.262 e. The van der Waals surface area contributed by atoms with Crippen LogP contribution in [0.2, 0.25) is 0 Å². The molecule has 4 rings (SSSR count). The molecule has 11 heteroatoms. The maximum absolute atomic E-state index is 13.8. The van der Waals surface area contributed by atoms with Crippen LogP contribution in [0.15, 0.2) is 81.4 Å². The van der Waals surface area contributed by atoms with Gasteiger partial charge < -0.3 is 10.2 Å². The first-order valence-electron chi connectivity index (χ1n) is 10.6. The zero-order valence-electron chi connectivity index (χ0n) is 18.0. The van der Waals surface area contributed by atoms with Gasteiger partial charge in [0, 0.05) is 25.3 Å². The highest BCUT2D eigenvalue weighted by Crippen LogP contribution is 2.33. The fourth-order valence-electron chi connectivity index (χ4n) is 3.72. The third kappa shape index (κ3) is 5.21. The van der Waals surface area contributed by atoms with Crippen LogP contribution in [-0.2, 0) is 19.9 Å². The normalized spacial score (nSPS) is 15.1. The second-order valence-corrected chi connectivity index (χ2v) is 11.4. The Balaban J connectivity index is 1.82. The molecule has 34 heavy (non-hydrogen) atoms. The molecule has 1 heterocycles. The van der Waals surface area contributed by atoms with Crippen molar-refractivity contribution in [2.45, 2.75) is 21.1 Å². The molecular weight excluding hydrogens is 484 g/mol. The monoisotopic (exact) mass is 507 g/mol. The zero-order valence-corrected chi connectivity index (χ0v) is 19.7. The van der Waals surface area contributed by atoms with E-state index in [0.29, 0.717) is 25.3 Å². The summed E-state index contributed by atoms with van der Waals surface area (Å²) in [6, 6.07) is 13.2. The van der Waals surface area contributed by atoms with Crippen LogP contribution in [0, 0.1) is 11.6 Å². The van der Waals surface area contributed by atoms with Gasteiger partial charge in [-0.15, -0.1) is 0 Å². The predicted molar refractivity (Wildman–Crippen MR) is 125 cm³/mol. The molecule has 0 atom stereocenters. The number of sulfone groups is 1. The highest BCUT2D eigenvalue weighted by molar-refractivity contribution is 7.93. The summed E-state index contributed by atoms with van der Waals surface area (Å²) < 4.78 is 82.5. The fraction of sp³-hybridized carbons (Fsp3) is 0.217. The molecule has 3 aromatic carbocycles. The molecule has 0 saturated carbocycles. The van der Waals surface area contributed by atoms with Gasteiger partial charge in [0.1, 0.15) is 11.6 Å². The highest BCUT2D eigenvalue weighted by Gasteiger charge is 2.26. The van der Waals surface area contributed by atoms with Gasteiger partial charge in [-0.05, 0) is 67.6 Å². The average molecular weight is 508 g/mol. The van der Waals surface area contributed by atoms with Gasteiger partial charge in [-0.25, -0.2) is 25.6 Å². The third-order valence-corrected chi connectivity index (χ3v) is 8.57. The number of hydrogen-bond donors (Lipinski definition) is 2. The summed E-state index contributed by atoms with van der Waals surface area (Å²) in [5, 5.41) is 3.27.